The topological polar surface area (TPSA) is 178 Å². The van der Waals surface area contributed by atoms with E-state index in [0.29, 0.717) is 12.6 Å². The average molecular weight is 530 g/mol. The molecule has 0 aliphatic carbocycles. The molecule has 0 rings (SSSR count). The Morgan fingerprint density at radius 3 is 1.42 bits per heavy atom. The molecule has 0 saturated carbocycles. The van der Waals surface area contributed by atoms with Crippen molar-refractivity contribution in [3.63, 3.8) is 0 Å². The molecular formula is C22H27O13P. The van der Waals surface area contributed by atoms with Crippen molar-refractivity contribution in [1.82, 2.24) is 0 Å². The van der Waals surface area contributed by atoms with Crippen LogP contribution in [0.1, 0.15) is 12.8 Å². The van der Waals surface area contributed by atoms with Gasteiger partial charge in [0.05, 0.1) is 13.2 Å². The van der Waals surface area contributed by atoms with Crippen LogP contribution >= 0.6 is 8.60 Å². The summed E-state index contributed by atoms with van der Waals surface area (Å²) in [6, 6.07) is 0. The molecule has 0 heterocycles. The third-order valence-corrected chi connectivity index (χ3v) is 4.58. The number of hydrogen-bond donors (Lipinski definition) is 1. The van der Waals surface area contributed by atoms with Crippen molar-refractivity contribution >= 4 is 45.1 Å². The zero-order valence-electron chi connectivity index (χ0n) is 19.2. The molecule has 2 unspecified atom stereocenters. The number of carbonyl (C=O) groups excluding carboxylic acids is 6. The lowest BCUT2D eigenvalue weighted by Crippen LogP contribution is -2.26. The van der Waals surface area contributed by atoms with Gasteiger partial charge in [-0.2, -0.15) is 0 Å². The molecule has 0 aromatic carbocycles. The van der Waals surface area contributed by atoms with Crippen LogP contribution in [0.5, 0.6) is 0 Å². The molecule has 0 radical (unpaired) electrons. The predicted octanol–water partition coefficient (Wildman–Crippen LogP) is 0.811. The van der Waals surface area contributed by atoms with Gasteiger partial charge < -0.3 is 32.9 Å². The van der Waals surface area contributed by atoms with Gasteiger partial charge in [0.25, 0.3) is 0 Å². The summed E-state index contributed by atoms with van der Waals surface area (Å²) >= 11 is 0. The summed E-state index contributed by atoms with van der Waals surface area (Å²) in [6.07, 6.45) is 4.13. The van der Waals surface area contributed by atoms with Crippen molar-refractivity contribution in [3.8, 4) is 0 Å². The smallest absolute Gasteiger partial charge is 0.330 e. The number of ether oxygens (including phenoxy) is 4. The predicted molar refractivity (Wildman–Crippen MR) is 123 cm³/mol. The second kappa shape index (κ2) is 20.8. The average Bonchev–Trinajstić information content (AvgIpc) is 2.87. The van der Waals surface area contributed by atoms with Gasteiger partial charge in [-0.1, -0.05) is 13.2 Å². The van der Waals surface area contributed by atoms with Gasteiger partial charge in [-0.3, -0.25) is 9.59 Å². The van der Waals surface area contributed by atoms with Gasteiger partial charge in [0.15, 0.2) is 0 Å². The molecule has 14 heteroatoms. The first-order valence-corrected chi connectivity index (χ1v) is 11.4. The lowest BCUT2D eigenvalue weighted by molar-refractivity contribution is -0.144. The Labute approximate surface area is 208 Å². The van der Waals surface area contributed by atoms with Crippen LogP contribution in [-0.2, 0) is 56.8 Å². The van der Waals surface area contributed by atoms with Crippen molar-refractivity contribution in [2.45, 2.75) is 25.0 Å². The van der Waals surface area contributed by atoms with Crippen molar-refractivity contribution in [1.29, 1.82) is 0 Å². The maximum atomic E-state index is 11.6. The largest absolute Gasteiger partial charge is 0.462 e. The number of carbonyl (C=O) groups is 6. The van der Waals surface area contributed by atoms with Crippen molar-refractivity contribution in [2.75, 3.05) is 26.4 Å². The highest BCUT2D eigenvalue weighted by Crippen LogP contribution is 2.37. The molecule has 0 saturated heterocycles. The van der Waals surface area contributed by atoms with Crippen LogP contribution in [0.15, 0.2) is 49.6 Å². The fourth-order valence-electron chi connectivity index (χ4n) is 1.99. The third-order valence-electron chi connectivity index (χ3n) is 3.62. The molecule has 0 aliphatic heterocycles. The molecule has 0 aromatic heterocycles. The van der Waals surface area contributed by atoms with E-state index in [-0.39, 0.29) is 26.1 Å². The summed E-state index contributed by atoms with van der Waals surface area (Å²) < 4.78 is 30.2. The molecule has 36 heavy (non-hydrogen) atoms. The zero-order chi connectivity index (χ0) is 27.2. The molecule has 0 bridgehead atoms. The van der Waals surface area contributed by atoms with Crippen LogP contribution in [0, 0.1) is 0 Å². The number of hydrogen-bond acceptors (Lipinski definition) is 13. The summed E-state index contributed by atoms with van der Waals surface area (Å²) in [6.45, 7) is 5.35. The summed E-state index contributed by atoms with van der Waals surface area (Å²) in [4.78, 5) is 76.5. The van der Waals surface area contributed by atoms with E-state index in [1.54, 1.807) is 0 Å². The summed E-state index contributed by atoms with van der Waals surface area (Å²) in [5.74, 6) is -3.14. The van der Waals surface area contributed by atoms with E-state index >= 15 is 0 Å². The van der Waals surface area contributed by atoms with E-state index in [0.717, 1.165) is 36.5 Å². The Bertz CT molecular complexity index is 755. The molecular weight excluding hydrogens is 503 g/mol. The Balaban J connectivity index is 5.12. The van der Waals surface area contributed by atoms with Gasteiger partial charge >= 0.3 is 32.5 Å². The second-order valence-corrected chi connectivity index (χ2v) is 7.16. The van der Waals surface area contributed by atoms with Crippen molar-refractivity contribution in [2.24, 2.45) is 0 Å². The van der Waals surface area contributed by atoms with Crippen LogP contribution in [0.3, 0.4) is 0 Å². The highest BCUT2D eigenvalue weighted by atomic mass is 31.2. The Morgan fingerprint density at radius 2 is 1.08 bits per heavy atom. The van der Waals surface area contributed by atoms with E-state index in [2.05, 4.69) is 13.2 Å². The van der Waals surface area contributed by atoms with E-state index in [1.807, 2.05) is 0 Å². The maximum Gasteiger partial charge on any atom is 0.330 e. The minimum Gasteiger partial charge on any atom is -0.462 e. The molecule has 1 N–H and O–H groups in total. The van der Waals surface area contributed by atoms with E-state index < -0.39 is 57.9 Å². The highest BCUT2D eigenvalue weighted by Gasteiger charge is 2.24. The molecule has 0 spiro atoms. The molecule has 0 aromatic rings. The van der Waals surface area contributed by atoms with Crippen LogP contribution < -0.4 is 0 Å². The molecule has 0 amide bonds. The van der Waals surface area contributed by atoms with Gasteiger partial charge in [0.1, 0.15) is 38.0 Å². The molecule has 2 atom stereocenters. The second-order valence-electron chi connectivity index (χ2n) is 6.26. The minimum atomic E-state index is -2.67. The Morgan fingerprint density at radius 1 is 0.694 bits per heavy atom. The van der Waals surface area contributed by atoms with Gasteiger partial charge in [0.2, 0.25) is 0 Å². The van der Waals surface area contributed by atoms with Gasteiger partial charge in [0, 0.05) is 37.1 Å². The molecule has 0 aliphatic rings. The lowest BCUT2D eigenvalue weighted by Gasteiger charge is -2.23. The first-order valence-electron chi connectivity index (χ1n) is 10.2. The molecule has 13 nitrogen and oxygen atoms in total. The van der Waals surface area contributed by atoms with Crippen molar-refractivity contribution in [3.05, 3.63) is 49.6 Å². The van der Waals surface area contributed by atoms with Gasteiger partial charge in [-0.15, -0.1) is 0 Å². The maximum absolute atomic E-state index is 11.6. The highest BCUT2D eigenvalue weighted by molar-refractivity contribution is 7.40. The summed E-state index contributed by atoms with van der Waals surface area (Å²) in [5.41, 5.74) is 0. The fourth-order valence-corrected chi connectivity index (χ4v) is 2.89. The molecule has 198 valence electrons. The Kier molecular flexibility index (Phi) is 18.8. The van der Waals surface area contributed by atoms with E-state index in [9.17, 15) is 33.7 Å². The number of aldehydes is 2. The number of rotatable bonds is 20. The first kappa shape index (κ1) is 32.5. The quantitative estimate of drug-likeness (QED) is 0.0769. The van der Waals surface area contributed by atoms with E-state index in [4.69, 9.17) is 28.0 Å². The first-order chi connectivity index (χ1) is 17.2. The SMILES string of the molecule is C=CC(=O)OCCC(COC(=O)/C=C\C=O)OP(O)OC(CCOC(=O)C=C)COC(=O)/C=C\C=O. The van der Waals surface area contributed by atoms with Crippen molar-refractivity contribution < 1.29 is 61.7 Å². The number of allylic oxidation sites excluding steroid dienone is 2. The minimum absolute atomic E-state index is 0.0277. The Hall–Kier alpha value is -3.51. The standard InChI is InChI=1S/C22H27O13P/c1-3-19(25)30-13-9-17(15-32-21(27)7-5-11-23)34-36(29)35-18(10-14-31-20(26)4-2)16-33-22(28)8-6-12-24/h3-8,11-12,17-18,29H,1-2,9-10,13-16H2/b7-5-,8-6-. The van der Waals surface area contributed by atoms with Crippen LogP contribution in [0.2, 0.25) is 0 Å². The normalized spacial score (nSPS) is 13.2. The van der Waals surface area contributed by atoms with Gasteiger partial charge in [-0.05, 0) is 12.2 Å². The lowest BCUT2D eigenvalue weighted by atomic mass is 10.3. The molecule has 0 fully saturated rings. The van der Waals surface area contributed by atoms with Crippen LogP contribution in [-0.4, -0.2) is 80.0 Å². The third kappa shape index (κ3) is 17.9. The van der Waals surface area contributed by atoms with Crippen LogP contribution in [0.4, 0.5) is 0 Å². The summed E-state index contributed by atoms with van der Waals surface area (Å²) in [5, 5.41) is 0. The van der Waals surface area contributed by atoms with E-state index in [1.165, 1.54) is 0 Å². The summed E-state index contributed by atoms with van der Waals surface area (Å²) in [7, 11) is -2.67. The van der Waals surface area contributed by atoms with Gasteiger partial charge in [-0.25, -0.2) is 19.2 Å². The monoisotopic (exact) mass is 530 g/mol. The van der Waals surface area contributed by atoms with Crippen LogP contribution in [0.25, 0.3) is 0 Å². The zero-order valence-corrected chi connectivity index (χ0v) is 20.1. The number of esters is 4. The fraction of sp³-hybridized carbons (Fsp3) is 0.364.